The van der Waals surface area contributed by atoms with E-state index in [0.717, 1.165) is 0 Å². The van der Waals surface area contributed by atoms with E-state index in [-0.39, 0.29) is 16.2 Å². The first-order chi connectivity index (χ1) is 6.04. The Morgan fingerprint density at radius 1 is 1.54 bits per heavy atom. The van der Waals surface area contributed by atoms with Gasteiger partial charge in [0.25, 0.3) is 0 Å². The number of carbonyl (C=O) groups is 1. The van der Waals surface area contributed by atoms with Crippen LogP contribution in [0.15, 0.2) is 22.7 Å². The van der Waals surface area contributed by atoms with Crippen molar-refractivity contribution >= 4 is 37.6 Å². The van der Waals surface area contributed by atoms with Crippen LogP contribution in [0.4, 0.5) is 4.39 Å². The molecule has 1 aromatic carbocycles. The van der Waals surface area contributed by atoms with Crippen LogP contribution in [0.25, 0.3) is 0 Å². The fraction of sp³-hybridized carbons (Fsp3) is 0.222. The van der Waals surface area contributed by atoms with Gasteiger partial charge in [-0.3, -0.25) is 4.79 Å². The lowest BCUT2D eigenvalue weighted by atomic mass is 10.1. The molecule has 0 saturated heterocycles. The predicted molar refractivity (Wildman–Crippen MR) is 56.8 cm³/mol. The van der Waals surface area contributed by atoms with Crippen molar-refractivity contribution in [2.45, 2.75) is 11.8 Å². The Morgan fingerprint density at radius 3 is 2.69 bits per heavy atom. The molecule has 70 valence electrons. The summed E-state index contributed by atoms with van der Waals surface area (Å²) in [6, 6.07) is 4.67. The molecule has 0 bridgehead atoms. The number of ketones is 1. The van der Waals surface area contributed by atoms with Crippen LogP contribution in [-0.2, 0) is 0 Å². The van der Waals surface area contributed by atoms with Gasteiger partial charge in [0.05, 0.1) is 14.9 Å². The summed E-state index contributed by atoms with van der Waals surface area (Å²) in [5, 5.41) is 0. The van der Waals surface area contributed by atoms with Gasteiger partial charge in [-0.2, -0.15) is 0 Å². The standard InChI is InChI=1S/C9H7Br2FO/c1-5(10)9(13)6-3-2-4-7(11)8(6)12/h2-5H,1H3. The zero-order chi connectivity index (χ0) is 10.0. The molecule has 0 amide bonds. The quantitative estimate of drug-likeness (QED) is 0.603. The molecular formula is C9H7Br2FO. The van der Waals surface area contributed by atoms with Gasteiger partial charge < -0.3 is 0 Å². The molecule has 0 saturated carbocycles. The Balaban J connectivity index is 3.15. The first-order valence-corrected chi connectivity index (χ1v) is 5.37. The minimum Gasteiger partial charge on any atom is -0.293 e. The van der Waals surface area contributed by atoms with E-state index < -0.39 is 5.82 Å². The van der Waals surface area contributed by atoms with E-state index in [9.17, 15) is 9.18 Å². The van der Waals surface area contributed by atoms with Crippen molar-refractivity contribution < 1.29 is 9.18 Å². The molecule has 0 fully saturated rings. The highest BCUT2D eigenvalue weighted by Crippen LogP contribution is 2.21. The molecule has 1 atom stereocenters. The van der Waals surface area contributed by atoms with E-state index in [1.165, 1.54) is 6.07 Å². The molecule has 0 N–H and O–H groups in total. The number of hydrogen-bond acceptors (Lipinski definition) is 1. The minimum atomic E-state index is -0.501. The maximum Gasteiger partial charge on any atom is 0.179 e. The lowest BCUT2D eigenvalue weighted by molar-refractivity contribution is 0.0992. The van der Waals surface area contributed by atoms with Crippen molar-refractivity contribution in [3.63, 3.8) is 0 Å². The summed E-state index contributed by atoms with van der Waals surface area (Å²) in [5.41, 5.74) is 0.110. The number of hydrogen-bond donors (Lipinski definition) is 0. The van der Waals surface area contributed by atoms with E-state index in [2.05, 4.69) is 31.9 Å². The zero-order valence-electron chi connectivity index (χ0n) is 6.85. The van der Waals surface area contributed by atoms with Crippen LogP contribution >= 0.6 is 31.9 Å². The van der Waals surface area contributed by atoms with Crippen molar-refractivity contribution in [3.05, 3.63) is 34.1 Å². The fourth-order valence-corrected chi connectivity index (χ4v) is 1.52. The summed E-state index contributed by atoms with van der Waals surface area (Å²) in [4.78, 5) is 11.0. The highest BCUT2D eigenvalue weighted by atomic mass is 79.9. The molecule has 0 spiro atoms. The number of benzene rings is 1. The van der Waals surface area contributed by atoms with Crippen molar-refractivity contribution in [2.75, 3.05) is 0 Å². The third-order valence-corrected chi connectivity index (χ3v) is 2.61. The number of alkyl halides is 1. The minimum absolute atomic E-state index is 0.110. The van der Waals surface area contributed by atoms with Crippen molar-refractivity contribution in [3.8, 4) is 0 Å². The Bertz CT molecular complexity index is 336. The second-order valence-electron chi connectivity index (χ2n) is 2.58. The van der Waals surface area contributed by atoms with Crippen LogP contribution in [0, 0.1) is 5.82 Å². The van der Waals surface area contributed by atoms with Crippen molar-refractivity contribution in [1.82, 2.24) is 0 Å². The molecule has 0 aliphatic heterocycles. The molecule has 0 heterocycles. The van der Waals surface area contributed by atoms with E-state index >= 15 is 0 Å². The lowest BCUT2D eigenvalue weighted by Crippen LogP contribution is -2.12. The molecule has 1 rings (SSSR count). The zero-order valence-corrected chi connectivity index (χ0v) is 10.0. The Hall–Kier alpha value is -0.220. The molecular weight excluding hydrogens is 303 g/mol. The third kappa shape index (κ3) is 2.38. The summed E-state index contributed by atoms with van der Waals surface area (Å²) in [7, 11) is 0. The molecule has 0 aromatic heterocycles. The lowest BCUT2D eigenvalue weighted by Gasteiger charge is -2.04. The second-order valence-corrected chi connectivity index (χ2v) is 4.81. The smallest absolute Gasteiger partial charge is 0.179 e. The maximum atomic E-state index is 13.3. The first kappa shape index (κ1) is 10.9. The molecule has 4 heteroatoms. The SMILES string of the molecule is CC(Br)C(=O)c1cccc(Br)c1F. The van der Waals surface area contributed by atoms with Gasteiger partial charge in [-0.1, -0.05) is 22.0 Å². The Morgan fingerprint density at radius 2 is 2.15 bits per heavy atom. The average Bonchev–Trinajstić information content (AvgIpc) is 2.08. The van der Waals surface area contributed by atoms with Crippen molar-refractivity contribution in [2.24, 2.45) is 0 Å². The molecule has 0 aliphatic carbocycles. The van der Waals surface area contributed by atoms with Gasteiger partial charge in [-0.15, -0.1) is 0 Å². The van der Waals surface area contributed by atoms with Crippen molar-refractivity contribution in [1.29, 1.82) is 0 Å². The monoisotopic (exact) mass is 308 g/mol. The van der Waals surface area contributed by atoms with Crippen LogP contribution in [0.2, 0.25) is 0 Å². The number of halogens is 3. The molecule has 1 nitrogen and oxygen atoms in total. The van der Waals surface area contributed by atoms with Crippen LogP contribution in [-0.4, -0.2) is 10.6 Å². The van der Waals surface area contributed by atoms with Gasteiger partial charge in [0.15, 0.2) is 5.78 Å². The highest BCUT2D eigenvalue weighted by Gasteiger charge is 2.17. The average molecular weight is 310 g/mol. The summed E-state index contributed by atoms with van der Waals surface area (Å²) < 4.78 is 13.6. The normalized spacial score (nSPS) is 12.6. The van der Waals surface area contributed by atoms with Crippen LogP contribution in [0.5, 0.6) is 0 Å². The predicted octanol–water partition coefficient (Wildman–Crippen LogP) is 3.55. The fourth-order valence-electron chi connectivity index (χ4n) is 0.908. The summed E-state index contributed by atoms with van der Waals surface area (Å²) in [6.45, 7) is 1.67. The van der Waals surface area contributed by atoms with Crippen LogP contribution < -0.4 is 0 Å². The van der Waals surface area contributed by atoms with E-state index in [1.54, 1.807) is 19.1 Å². The Labute approximate surface area is 92.6 Å². The first-order valence-electron chi connectivity index (χ1n) is 3.66. The highest BCUT2D eigenvalue weighted by molar-refractivity contribution is 9.10. The van der Waals surface area contributed by atoms with E-state index in [1.807, 2.05) is 0 Å². The molecule has 1 unspecified atom stereocenters. The van der Waals surface area contributed by atoms with Crippen LogP contribution in [0.1, 0.15) is 17.3 Å². The summed E-state index contributed by atoms with van der Waals surface area (Å²) in [5.74, 6) is -0.752. The van der Waals surface area contributed by atoms with Gasteiger partial charge in [0, 0.05) is 0 Å². The van der Waals surface area contributed by atoms with Gasteiger partial charge in [-0.25, -0.2) is 4.39 Å². The van der Waals surface area contributed by atoms with Gasteiger partial charge in [0.1, 0.15) is 5.82 Å². The summed E-state index contributed by atoms with van der Waals surface area (Å²) >= 11 is 6.12. The molecule has 13 heavy (non-hydrogen) atoms. The number of carbonyl (C=O) groups excluding carboxylic acids is 1. The van der Waals surface area contributed by atoms with Crippen LogP contribution in [0.3, 0.4) is 0 Å². The van der Waals surface area contributed by atoms with E-state index in [0.29, 0.717) is 4.47 Å². The number of Topliss-reactive ketones (excluding diaryl/α,β-unsaturated/α-hetero) is 1. The van der Waals surface area contributed by atoms with E-state index in [4.69, 9.17) is 0 Å². The number of rotatable bonds is 2. The van der Waals surface area contributed by atoms with Gasteiger partial charge in [-0.05, 0) is 35.0 Å². The molecule has 0 radical (unpaired) electrons. The summed E-state index contributed by atoms with van der Waals surface area (Å²) in [6.07, 6.45) is 0. The van der Waals surface area contributed by atoms with Gasteiger partial charge >= 0.3 is 0 Å². The second kappa shape index (κ2) is 4.33. The third-order valence-electron chi connectivity index (χ3n) is 1.58. The molecule has 0 aliphatic rings. The van der Waals surface area contributed by atoms with Gasteiger partial charge in [0.2, 0.25) is 0 Å². The topological polar surface area (TPSA) is 17.1 Å². The largest absolute Gasteiger partial charge is 0.293 e. The maximum absolute atomic E-state index is 13.3. The molecule has 1 aromatic rings. The Kier molecular flexibility index (Phi) is 3.62.